The number of carbonyl (C=O) groups is 1. The SMILES string of the molecule is COc1c(C(=O)N(C)OC)cc(Cl)c2ccccc12. The van der Waals surface area contributed by atoms with E-state index in [1.54, 1.807) is 6.07 Å². The van der Waals surface area contributed by atoms with Crippen LogP contribution in [0.3, 0.4) is 0 Å². The Morgan fingerprint density at radius 1 is 1.21 bits per heavy atom. The minimum atomic E-state index is -0.313. The molecular formula is C14H14ClNO3. The third kappa shape index (κ3) is 2.37. The molecule has 0 saturated heterocycles. The summed E-state index contributed by atoms with van der Waals surface area (Å²) in [6.45, 7) is 0. The van der Waals surface area contributed by atoms with E-state index < -0.39 is 0 Å². The summed E-state index contributed by atoms with van der Waals surface area (Å²) >= 11 is 6.22. The molecule has 0 fully saturated rings. The molecule has 1 amide bonds. The molecule has 4 nitrogen and oxygen atoms in total. The number of ether oxygens (including phenoxy) is 1. The standard InChI is InChI=1S/C14H14ClNO3/c1-16(19-3)14(17)11-8-12(15)9-6-4-5-7-10(9)13(11)18-2/h4-8H,1-3H3. The van der Waals surface area contributed by atoms with Gasteiger partial charge in [-0.3, -0.25) is 9.63 Å². The molecule has 19 heavy (non-hydrogen) atoms. The zero-order valence-electron chi connectivity index (χ0n) is 10.9. The molecule has 100 valence electrons. The van der Waals surface area contributed by atoms with Crippen LogP contribution in [0.1, 0.15) is 10.4 Å². The first-order chi connectivity index (χ1) is 9.10. The number of hydrogen-bond acceptors (Lipinski definition) is 3. The summed E-state index contributed by atoms with van der Waals surface area (Å²) < 4.78 is 5.37. The Morgan fingerprint density at radius 3 is 2.42 bits per heavy atom. The van der Waals surface area contributed by atoms with E-state index in [1.165, 1.54) is 21.3 Å². The highest BCUT2D eigenvalue weighted by molar-refractivity contribution is 6.36. The molecule has 2 aromatic rings. The van der Waals surface area contributed by atoms with Crippen molar-refractivity contribution in [1.29, 1.82) is 0 Å². The number of carbonyl (C=O) groups excluding carboxylic acids is 1. The van der Waals surface area contributed by atoms with Crippen molar-refractivity contribution in [1.82, 2.24) is 5.06 Å². The quantitative estimate of drug-likeness (QED) is 0.810. The molecule has 0 unspecified atom stereocenters. The molecule has 2 rings (SSSR count). The fourth-order valence-electron chi connectivity index (χ4n) is 1.94. The molecule has 0 aliphatic rings. The number of rotatable bonds is 3. The molecule has 0 aliphatic heterocycles. The molecule has 0 spiro atoms. The molecular weight excluding hydrogens is 266 g/mol. The third-order valence-electron chi connectivity index (χ3n) is 2.94. The fourth-order valence-corrected chi connectivity index (χ4v) is 2.21. The van der Waals surface area contributed by atoms with Gasteiger partial charge in [-0.1, -0.05) is 35.9 Å². The highest BCUT2D eigenvalue weighted by Crippen LogP contribution is 2.35. The van der Waals surface area contributed by atoms with E-state index in [2.05, 4.69) is 0 Å². The third-order valence-corrected chi connectivity index (χ3v) is 3.25. The first-order valence-corrected chi connectivity index (χ1v) is 6.05. The number of benzene rings is 2. The highest BCUT2D eigenvalue weighted by atomic mass is 35.5. The molecule has 2 aromatic carbocycles. The van der Waals surface area contributed by atoms with E-state index in [4.69, 9.17) is 21.2 Å². The summed E-state index contributed by atoms with van der Waals surface area (Å²) in [4.78, 5) is 17.1. The molecule has 0 aromatic heterocycles. The Kier molecular flexibility index (Phi) is 3.93. The van der Waals surface area contributed by atoms with Crippen molar-refractivity contribution in [3.63, 3.8) is 0 Å². The topological polar surface area (TPSA) is 38.8 Å². The van der Waals surface area contributed by atoms with Crippen LogP contribution in [-0.2, 0) is 4.84 Å². The van der Waals surface area contributed by atoms with E-state index in [-0.39, 0.29) is 5.91 Å². The molecule has 0 atom stereocenters. The van der Waals surface area contributed by atoms with E-state index in [9.17, 15) is 4.79 Å². The number of nitrogens with zero attached hydrogens (tertiary/aromatic N) is 1. The minimum absolute atomic E-state index is 0.313. The van der Waals surface area contributed by atoms with Gasteiger partial charge in [-0.2, -0.15) is 0 Å². The van der Waals surface area contributed by atoms with Crippen molar-refractivity contribution >= 4 is 28.3 Å². The molecule has 0 radical (unpaired) electrons. The Labute approximate surface area is 116 Å². The van der Waals surface area contributed by atoms with Gasteiger partial charge in [0.1, 0.15) is 5.75 Å². The van der Waals surface area contributed by atoms with Crippen LogP contribution in [0.15, 0.2) is 30.3 Å². The van der Waals surface area contributed by atoms with Crippen LogP contribution in [0.4, 0.5) is 0 Å². The van der Waals surface area contributed by atoms with Crippen LogP contribution in [-0.4, -0.2) is 32.2 Å². The number of fused-ring (bicyclic) bond motifs is 1. The zero-order chi connectivity index (χ0) is 14.0. The maximum atomic E-state index is 12.2. The summed E-state index contributed by atoms with van der Waals surface area (Å²) in [5, 5.41) is 3.27. The van der Waals surface area contributed by atoms with Crippen LogP contribution < -0.4 is 4.74 Å². The molecule has 0 saturated carbocycles. The smallest absolute Gasteiger partial charge is 0.280 e. The number of methoxy groups -OCH3 is 1. The Bertz CT molecular complexity index is 627. The lowest BCUT2D eigenvalue weighted by Crippen LogP contribution is -2.25. The van der Waals surface area contributed by atoms with Gasteiger partial charge in [0, 0.05) is 22.8 Å². The van der Waals surface area contributed by atoms with E-state index in [0.29, 0.717) is 16.3 Å². The number of amides is 1. The molecule has 0 bridgehead atoms. The van der Waals surface area contributed by atoms with Gasteiger partial charge in [0.05, 0.1) is 19.8 Å². The minimum Gasteiger partial charge on any atom is -0.495 e. The lowest BCUT2D eigenvalue weighted by molar-refractivity contribution is -0.0758. The van der Waals surface area contributed by atoms with E-state index >= 15 is 0 Å². The van der Waals surface area contributed by atoms with Gasteiger partial charge in [-0.05, 0) is 6.07 Å². The van der Waals surface area contributed by atoms with Gasteiger partial charge in [0.2, 0.25) is 0 Å². The predicted octanol–water partition coefficient (Wildman–Crippen LogP) is 3.14. The number of hydrogen-bond donors (Lipinski definition) is 0. The van der Waals surface area contributed by atoms with Crippen molar-refractivity contribution in [3.05, 3.63) is 40.9 Å². The van der Waals surface area contributed by atoms with Crippen LogP contribution in [0.5, 0.6) is 5.75 Å². The first kappa shape index (κ1) is 13.6. The Morgan fingerprint density at radius 2 is 1.84 bits per heavy atom. The van der Waals surface area contributed by atoms with Crippen molar-refractivity contribution in [2.24, 2.45) is 0 Å². The van der Waals surface area contributed by atoms with E-state index in [1.807, 2.05) is 24.3 Å². The Balaban J connectivity index is 2.71. The van der Waals surface area contributed by atoms with Crippen molar-refractivity contribution in [3.8, 4) is 5.75 Å². The summed E-state index contributed by atoms with van der Waals surface area (Å²) in [5.74, 6) is 0.181. The van der Waals surface area contributed by atoms with Gasteiger partial charge >= 0.3 is 0 Å². The van der Waals surface area contributed by atoms with Crippen molar-refractivity contribution < 1.29 is 14.4 Å². The molecule has 5 heteroatoms. The molecule has 0 aliphatic carbocycles. The van der Waals surface area contributed by atoms with Crippen molar-refractivity contribution in [2.45, 2.75) is 0 Å². The zero-order valence-corrected chi connectivity index (χ0v) is 11.7. The number of halogens is 1. The Hall–Kier alpha value is -1.78. The average Bonchev–Trinajstić information content (AvgIpc) is 2.45. The largest absolute Gasteiger partial charge is 0.495 e. The normalized spacial score (nSPS) is 10.5. The maximum Gasteiger partial charge on any atom is 0.280 e. The van der Waals surface area contributed by atoms with Crippen LogP contribution in [0, 0.1) is 0 Å². The molecule has 0 N–H and O–H groups in total. The van der Waals surface area contributed by atoms with Gasteiger partial charge in [0.25, 0.3) is 5.91 Å². The first-order valence-electron chi connectivity index (χ1n) is 5.67. The lowest BCUT2D eigenvalue weighted by atomic mass is 10.0. The van der Waals surface area contributed by atoms with Crippen LogP contribution >= 0.6 is 11.6 Å². The van der Waals surface area contributed by atoms with Gasteiger partial charge in [-0.15, -0.1) is 0 Å². The molecule has 0 heterocycles. The number of hydroxylamine groups is 2. The van der Waals surface area contributed by atoms with Gasteiger partial charge in [-0.25, -0.2) is 5.06 Å². The summed E-state index contributed by atoms with van der Waals surface area (Å²) in [5.41, 5.74) is 0.371. The van der Waals surface area contributed by atoms with Crippen LogP contribution in [0.25, 0.3) is 10.8 Å². The summed E-state index contributed by atoms with van der Waals surface area (Å²) in [6, 6.07) is 9.10. The predicted molar refractivity (Wildman–Crippen MR) is 74.6 cm³/mol. The van der Waals surface area contributed by atoms with Crippen molar-refractivity contribution in [2.75, 3.05) is 21.3 Å². The fraction of sp³-hybridized carbons (Fsp3) is 0.214. The second kappa shape index (κ2) is 5.47. The lowest BCUT2D eigenvalue weighted by Gasteiger charge is -2.17. The monoisotopic (exact) mass is 279 g/mol. The van der Waals surface area contributed by atoms with Gasteiger partial charge < -0.3 is 4.74 Å². The summed E-state index contributed by atoms with van der Waals surface area (Å²) in [7, 11) is 4.48. The second-order valence-corrected chi connectivity index (χ2v) is 4.38. The van der Waals surface area contributed by atoms with E-state index in [0.717, 1.165) is 15.8 Å². The van der Waals surface area contributed by atoms with Crippen LogP contribution in [0.2, 0.25) is 5.02 Å². The maximum absolute atomic E-state index is 12.2. The average molecular weight is 280 g/mol. The highest BCUT2D eigenvalue weighted by Gasteiger charge is 2.20. The second-order valence-electron chi connectivity index (χ2n) is 3.97. The van der Waals surface area contributed by atoms with Gasteiger partial charge in [0.15, 0.2) is 0 Å². The summed E-state index contributed by atoms with van der Waals surface area (Å²) in [6.07, 6.45) is 0.